The Balaban J connectivity index is 0.000000161. The molecule has 2 heterocycles. The van der Waals surface area contributed by atoms with Crippen LogP contribution in [0.1, 0.15) is 11.5 Å². The minimum Gasteiger partial charge on any atom is -0.460 e. The van der Waals surface area contributed by atoms with Gasteiger partial charge in [-0.15, -0.1) is 0 Å². The van der Waals surface area contributed by atoms with Crippen LogP contribution >= 0.6 is 23.2 Å². The summed E-state index contributed by atoms with van der Waals surface area (Å²) in [5, 5.41) is 1.98. The lowest BCUT2D eigenvalue weighted by molar-refractivity contribution is 0.556. The van der Waals surface area contributed by atoms with Gasteiger partial charge in [-0.2, -0.15) is 0 Å². The van der Waals surface area contributed by atoms with Crippen LogP contribution in [-0.4, -0.2) is 16.8 Å². The molecule has 10 heteroatoms. The highest BCUT2D eigenvalue weighted by Gasteiger charge is 2.27. The van der Waals surface area contributed by atoms with Gasteiger partial charge in [0.25, 0.3) is 0 Å². The molecule has 204 valence electrons. The second-order valence-corrected chi connectivity index (χ2v) is 13.5. The molecule has 6 rings (SSSR count). The van der Waals surface area contributed by atoms with Gasteiger partial charge in [0.1, 0.15) is 32.5 Å². The fourth-order valence-corrected chi connectivity index (χ4v) is 8.03. The molecule has 0 N–H and O–H groups in total. The van der Waals surface area contributed by atoms with Crippen molar-refractivity contribution in [1.82, 2.24) is 0 Å². The van der Waals surface area contributed by atoms with Gasteiger partial charge in [0, 0.05) is 20.8 Å². The molecule has 2 aromatic heterocycles. The van der Waals surface area contributed by atoms with Crippen molar-refractivity contribution in [2.75, 3.05) is 0 Å². The predicted molar refractivity (Wildman–Crippen MR) is 156 cm³/mol. The highest BCUT2D eigenvalue weighted by atomic mass is 35.5. The van der Waals surface area contributed by atoms with Crippen LogP contribution < -0.4 is 0 Å². The molecule has 0 saturated carbocycles. The number of fused-ring (bicyclic) bond motifs is 2. The third kappa shape index (κ3) is 5.15. The van der Waals surface area contributed by atoms with Crippen LogP contribution in [0.3, 0.4) is 0 Å². The summed E-state index contributed by atoms with van der Waals surface area (Å²) in [5.74, 6) is 0.734. The number of hydrogen-bond acceptors (Lipinski definition) is 6. The van der Waals surface area contributed by atoms with Gasteiger partial charge in [0.2, 0.25) is 19.7 Å². The number of sulfone groups is 2. The molecule has 0 fully saturated rings. The Hall–Kier alpha value is -3.56. The average Bonchev–Trinajstić information content (AvgIpc) is 3.45. The molecule has 6 aromatic rings. The van der Waals surface area contributed by atoms with Gasteiger partial charge < -0.3 is 8.83 Å². The second-order valence-electron chi connectivity index (χ2n) is 8.89. The fourth-order valence-electron chi connectivity index (χ4n) is 4.44. The van der Waals surface area contributed by atoms with Crippen molar-refractivity contribution in [2.45, 2.75) is 33.4 Å². The molecular weight excluding hydrogens is 591 g/mol. The zero-order valence-electron chi connectivity index (χ0n) is 21.3. The smallest absolute Gasteiger partial charge is 0.210 e. The summed E-state index contributed by atoms with van der Waals surface area (Å²) in [7, 11) is -7.24. The summed E-state index contributed by atoms with van der Waals surface area (Å²) in [6, 6.07) is 26.5. The monoisotopic (exact) mass is 612 g/mol. The van der Waals surface area contributed by atoms with Gasteiger partial charge in [-0.1, -0.05) is 59.6 Å². The van der Waals surface area contributed by atoms with Crippen molar-refractivity contribution in [3.05, 3.63) is 119 Å². The first-order valence-corrected chi connectivity index (χ1v) is 15.7. The van der Waals surface area contributed by atoms with Gasteiger partial charge in [-0.3, -0.25) is 0 Å². The van der Waals surface area contributed by atoms with Crippen LogP contribution in [0.2, 0.25) is 10.0 Å². The Morgan fingerprint density at radius 2 is 0.875 bits per heavy atom. The predicted octanol–water partition coefficient (Wildman–Crippen LogP) is 8.45. The molecule has 0 saturated heterocycles. The van der Waals surface area contributed by atoms with E-state index in [4.69, 9.17) is 32.0 Å². The Morgan fingerprint density at radius 3 is 1.23 bits per heavy atom. The summed E-state index contributed by atoms with van der Waals surface area (Å²) < 4.78 is 62.0. The molecule has 0 aliphatic heterocycles. The van der Waals surface area contributed by atoms with Crippen LogP contribution in [0.5, 0.6) is 0 Å². The molecule has 0 aliphatic carbocycles. The van der Waals surface area contributed by atoms with Gasteiger partial charge in [-0.05, 0) is 74.5 Å². The topological polar surface area (TPSA) is 94.6 Å². The fraction of sp³-hybridized carbons (Fsp3) is 0.0667. The van der Waals surface area contributed by atoms with Crippen LogP contribution in [0.4, 0.5) is 0 Å². The first kappa shape index (κ1) is 28.0. The van der Waals surface area contributed by atoms with E-state index < -0.39 is 19.7 Å². The number of rotatable bonds is 4. The molecule has 0 radical (unpaired) electrons. The minimum absolute atomic E-state index is 0.182. The van der Waals surface area contributed by atoms with E-state index in [1.807, 2.05) is 0 Å². The molecule has 40 heavy (non-hydrogen) atoms. The standard InChI is InChI=1S/2C15H11ClO3S/c2*1-10-15(13-9-11(16)7-8-14(13)19-10)20(17,18)12-5-3-2-4-6-12/h2*2-9H,1H3. The lowest BCUT2D eigenvalue weighted by atomic mass is 10.2. The van der Waals surface area contributed by atoms with Gasteiger partial charge in [0.15, 0.2) is 0 Å². The maximum atomic E-state index is 12.7. The largest absolute Gasteiger partial charge is 0.460 e. The molecule has 0 bridgehead atoms. The van der Waals surface area contributed by atoms with Crippen LogP contribution in [-0.2, 0) is 19.7 Å². The number of hydrogen-bond donors (Lipinski definition) is 0. The van der Waals surface area contributed by atoms with E-state index in [9.17, 15) is 16.8 Å². The summed E-state index contributed by atoms with van der Waals surface area (Å²) in [6.45, 7) is 3.29. The van der Waals surface area contributed by atoms with E-state index >= 15 is 0 Å². The molecule has 0 atom stereocenters. The molecule has 4 aromatic carbocycles. The third-order valence-corrected chi connectivity index (χ3v) is 10.5. The highest BCUT2D eigenvalue weighted by molar-refractivity contribution is 7.92. The van der Waals surface area contributed by atoms with Crippen molar-refractivity contribution < 1.29 is 25.7 Å². The highest BCUT2D eigenvalue weighted by Crippen LogP contribution is 2.36. The number of aryl methyl sites for hydroxylation is 2. The van der Waals surface area contributed by atoms with E-state index in [2.05, 4.69) is 0 Å². The summed E-state index contributed by atoms with van der Waals surface area (Å²) >= 11 is 11.9. The molecule has 6 nitrogen and oxygen atoms in total. The minimum atomic E-state index is -3.62. The van der Waals surface area contributed by atoms with Crippen molar-refractivity contribution in [2.24, 2.45) is 0 Å². The lowest BCUT2D eigenvalue weighted by Crippen LogP contribution is -2.02. The Kier molecular flexibility index (Phi) is 7.54. The van der Waals surface area contributed by atoms with E-state index in [-0.39, 0.29) is 19.6 Å². The number of benzene rings is 4. The van der Waals surface area contributed by atoms with Crippen molar-refractivity contribution >= 4 is 64.8 Å². The lowest BCUT2D eigenvalue weighted by Gasteiger charge is -2.03. The average molecular weight is 614 g/mol. The molecular formula is C30H22Cl2O6S2. The van der Waals surface area contributed by atoms with Crippen molar-refractivity contribution in [1.29, 1.82) is 0 Å². The van der Waals surface area contributed by atoms with E-state index in [1.165, 1.54) is 0 Å². The van der Waals surface area contributed by atoms with Crippen LogP contribution in [0.25, 0.3) is 21.9 Å². The van der Waals surface area contributed by atoms with E-state index in [1.54, 1.807) is 111 Å². The number of furan rings is 2. The Bertz CT molecular complexity index is 1910. The Morgan fingerprint density at radius 1 is 0.525 bits per heavy atom. The van der Waals surface area contributed by atoms with Crippen molar-refractivity contribution in [3.8, 4) is 0 Å². The quantitative estimate of drug-likeness (QED) is 0.198. The molecule has 0 spiro atoms. The maximum absolute atomic E-state index is 12.7. The van der Waals surface area contributed by atoms with Crippen LogP contribution in [0.15, 0.2) is 125 Å². The number of halogens is 2. The maximum Gasteiger partial charge on any atom is 0.210 e. The zero-order valence-corrected chi connectivity index (χ0v) is 24.4. The third-order valence-electron chi connectivity index (χ3n) is 6.18. The van der Waals surface area contributed by atoms with Gasteiger partial charge >= 0.3 is 0 Å². The summed E-state index contributed by atoms with van der Waals surface area (Å²) in [6.07, 6.45) is 0. The van der Waals surface area contributed by atoms with E-state index in [0.29, 0.717) is 43.5 Å². The van der Waals surface area contributed by atoms with Crippen molar-refractivity contribution in [3.63, 3.8) is 0 Å². The molecule has 0 amide bonds. The summed E-state index contributed by atoms with van der Waals surface area (Å²) in [5.41, 5.74) is 1.03. The molecule has 0 unspecified atom stereocenters. The van der Waals surface area contributed by atoms with E-state index in [0.717, 1.165) is 0 Å². The second kappa shape index (κ2) is 10.8. The van der Waals surface area contributed by atoms with Gasteiger partial charge in [0.05, 0.1) is 9.79 Å². The van der Waals surface area contributed by atoms with Gasteiger partial charge in [-0.25, -0.2) is 16.8 Å². The normalized spacial score (nSPS) is 11.9. The SMILES string of the molecule is Cc1oc2ccc(Cl)cc2c1S(=O)(=O)c1ccccc1.Cc1oc2ccc(Cl)cc2c1S(=O)(=O)c1ccccc1. The Labute approximate surface area is 241 Å². The summed E-state index contributed by atoms with van der Waals surface area (Å²) in [4.78, 5) is 0.846. The first-order chi connectivity index (χ1) is 19.0. The molecule has 0 aliphatic rings. The van der Waals surface area contributed by atoms with Crippen LogP contribution in [0, 0.1) is 13.8 Å². The zero-order chi connectivity index (χ0) is 28.7. The first-order valence-electron chi connectivity index (χ1n) is 12.0.